The van der Waals surface area contributed by atoms with E-state index in [1.54, 1.807) is 12.3 Å². The van der Waals surface area contributed by atoms with E-state index in [1.165, 1.54) is 28.4 Å². The molecule has 4 N–H and O–H groups in total. The molecule has 0 aromatic heterocycles. The lowest BCUT2D eigenvalue weighted by molar-refractivity contribution is -0.160. The van der Waals surface area contributed by atoms with Crippen LogP contribution in [0.2, 0.25) is 0 Å². The first-order valence-corrected chi connectivity index (χ1v) is 10.6. The summed E-state index contributed by atoms with van der Waals surface area (Å²) in [6.45, 7) is 1.70. The Balaban J connectivity index is 1.69. The van der Waals surface area contributed by atoms with Crippen molar-refractivity contribution in [2.24, 2.45) is 10.7 Å². The number of nitrogens with two attached hydrogens (primary N) is 1. The number of rotatable bonds is 6. The van der Waals surface area contributed by atoms with Crippen molar-refractivity contribution >= 4 is 52.2 Å². The minimum absolute atomic E-state index is 0.235. The summed E-state index contributed by atoms with van der Waals surface area (Å²) in [4.78, 5) is 41.4. The average molecular weight is 421 g/mol. The zero-order chi connectivity index (χ0) is 20.3. The van der Waals surface area contributed by atoms with Crippen LogP contribution in [0.4, 0.5) is 5.69 Å². The highest BCUT2D eigenvalue weighted by Gasteiger charge is 2.55. The van der Waals surface area contributed by atoms with Gasteiger partial charge in [-0.1, -0.05) is 36.9 Å². The van der Waals surface area contributed by atoms with Gasteiger partial charge in [0.05, 0.1) is 5.69 Å². The molecule has 0 bridgehead atoms. The number of aliphatic imine (C=N–C) groups is 1. The van der Waals surface area contributed by atoms with E-state index in [0.717, 1.165) is 0 Å². The number of amides is 2. The molecule has 148 valence electrons. The summed E-state index contributed by atoms with van der Waals surface area (Å²) in [7, 11) is 0. The van der Waals surface area contributed by atoms with Gasteiger partial charge in [0, 0.05) is 12.2 Å². The number of carboxylic acids is 1. The maximum absolute atomic E-state index is 12.4. The van der Waals surface area contributed by atoms with Crippen molar-refractivity contribution in [1.82, 2.24) is 10.2 Å². The SMILES string of the molecule is CCC(=O)NC1C(=O)N2C(C(=O)O)C(CSC(N)=Nc3ccccc3)=CS[C@H]12. The van der Waals surface area contributed by atoms with Crippen LogP contribution in [-0.4, -0.2) is 56.2 Å². The lowest BCUT2D eigenvalue weighted by atomic mass is 9.98. The highest BCUT2D eigenvalue weighted by molar-refractivity contribution is 8.14. The van der Waals surface area contributed by atoms with Crippen molar-refractivity contribution in [3.05, 3.63) is 41.3 Å². The number of carbonyl (C=O) groups excluding carboxylic acids is 2. The van der Waals surface area contributed by atoms with Gasteiger partial charge < -0.3 is 21.1 Å². The van der Waals surface area contributed by atoms with E-state index in [9.17, 15) is 19.5 Å². The monoisotopic (exact) mass is 420 g/mol. The van der Waals surface area contributed by atoms with Crippen LogP contribution in [0.1, 0.15) is 13.3 Å². The molecule has 1 fully saturated rings. The Morgan fingerprint density at radius 1 is 1.36 bits per heavy atom. The molecule has 2 unspecified atom stereocenters. The molecule has 2 heterocycles. The van der Waals surface area contributed by atoms with Gasteiger partial charge in [-0.3, -0.25) is 9.59 Å². The minimum atomic E-state index is -1.11. The van der Waals surface area contributed by atoms with Crippen LogP contribution in [-0.2, 0) is 14.4 Å². The van der Waals surface area contributed by atoms with E-state index >= 15 is 0 Å². The summed E-state index contributed by atoms with van der Waals surface area (Å²) in [6.07, 6.45) is 0.265. The van der Waals surface area contributed by atoms with Gasteiger partial charge in [0.1, 0.15) is 11.4 Å². The van der Waals surface area contributed by atoms with Crippen LogP contribution in [0, 0.1) is 0 Å². The summed E-state index contributed by atoms with van der Waals surface area (Å²) < 4.78 is 0. The van der Waals surface area contributed by atoms with Crippen molar-refractivity contribution in [3.8, 4) is 0 Å². The lowest BCUT2D eigenvalue weighted by Crippen LogP contribution is -2.73. The number of hydrogen-bond donors (Lipinski definition) is 3. The lowest BCUT2D eigenvalue weighted by Gasteiger charge is -2.51. The first-order valence-electron chi connectivity index (χ1n) is 8.63. The Labute approximate surface area is 170 Å². The fourth-order valence-electron chi connectivity index (χ4n) is 2.92. The maximum Gasteiger partial charge on any atom is 0.330 e. The summed E-state index contributed by atoms with van der Waals surface area (Å²) in [5, 5.41) is 14.0. The normalized spacial score (nSPS) is 24.1. The third kappa shape index (κ3) is 4.17. The number of para-hydroxylation sites is 1. The Morgan fingerprint density at radius 2 is 2.07 bits per heavy atom. The third-order valence-corrected chi connectivity index (χ3v) is 6.40. The van der Waals surface area contributed by atoms with Gasteiger partial charge in [0.15, 0.2) is 11.2 Å². The Kier molecular flexibility index (Phi) is 6.30. The number of hydrogen-bond acceptors (Lipinski definition) is 6. The quantitative estimate of drug-likeness (QED) is 0.362. The fourth-order valence-corrected chi connectivity index (χ4v) is 4.98. The number of nitrogens with one attached hydrogen (secondary N) is 1. The Bertz CT molecular complexity index is 843. The van der Waals surface area contributed by atoms with Gasteiger partial charge in [-0.25, -0.2) is 9.79 Å². The van der Waals surface area contributed by atoms with Crippen molar-refractivity contribution in [3.63, 3.8) is 0 Å². The molecule has 1 saturated heterocycles. The number of benzene rings is 1. The number of fused-ring (bicyclic) bond motifs is 1. The summed E-state index contributed by atoms with van der Waals surface area (Å²) in [5.74, 6) is -1.42. The van der Waals surface area contributed by atoms with Crippen LogP contribution < -0.4 is 11.1 Å². The van der Waals surface area contributed by atoms with Crippen molar-refractivity contribution < 1.29 is 19.5 Å². The minimum Gasteiger partial charge on any atom is -0.479 e. The fraction of sp³-hybridized carbons (Fsp3) is 0.333. The predicted molar refractivity (Wildman–Crippen MR) is 110 cm³/mol. The molecular formula is C18H20N4O4S2. The molecule has 0 spiro atoms. The van der Waals surface area contributed by atoms with Gasteiger partial charge in [0.2, 0.25) is 11.8 Å². The molecule has 1 aromatic carbocycles. The molecule has 0 saturated carbocycles. The molecule has 1 aromatic rings. The number of β-lactam (4-membered cyclic amide) rings is 1. The van der Waals surface area contributed by atoms with E-state index < -0.39 is 23.4 Å². The third-order valence-electron chi connectivity index (χ3n) is 4.32. The smallest absolute Gasteiger partial charge is 0.330 e. The van der Waals surface area contributed by atoms with Crippen molar-refractivity contribution in [2.75, 3.05) is 5.75 Å². The predicted octanol–water partition coefficient (Wildman–Crippen LogP) is 1.51. The molecular weight excluding hydrogens is 400 g/mol. The zero-order valence-corrected chi connectivity index (χ0v) is 16.7. The molecule has 2 aliphatic rings. The first-order chi connectivity index (χ1) is 13.4. The van der Waals surface area contributed by atoms with Gasteiger partial charge in [-0.15, -0.1) is 11.8 Å². The topological polar surface area (TPSA) is 125 Å². The summed E-state index contributed by atoms with van der Waals surface area (Å²) in [5.41, 5.74) is 7.22. The Morgan fingerprint density at radius 3 is 2.71 bits per heavy atom. The standard InChI is InChI=1S/C18H20N4O4S2/c1-2-12(23)21-13-15(24)22-14(17(25)26)10(8-27-16(13)22)9-28-18(19)20-11-6-4-3-5-7-11/h3-8,13-14,16H,2,9H2,1H3,(H2,19,20)(H,21,23)(H,25,26)/t13?,14?,16-/m1/s1. The van der Waals surface area contributed by atoms with Crippen LogP contribution in [0.3, 0.4) is 0 Å². The molecule has 0 aliphatic carbocycles. The second-order valence-corrected chi connectivity index (χ2v) is 8.17. The average Bonchev–Trinajstić information content (AvgIpc) is 2.69. The molecule has 8 nitrogen and oxygen atoms in total. The van der Waals surface area contributed by atoms with Crippen LogP contribution in [0.25, 0.3) is 0 Å². The number of aliphatic carboxylic acids is 1. The number of carbonyl (C=O) groups is 3. The Hall–Kier alpha value is -2.46. The first kappa shape index (κ1) is 20.3. The van der Waals surface area contributed by atoms with Crippen molar-refractivity contribution in [2.45, 2.75) is 30.8 Å². The van der Waals surface area contributed by atoms with E-state index in [0.29, 0.717) is 22.2 Å². The van der Waals surface area contributed by atoms with Gasteiger partial charge in [-0.2, -0.15) is 0 Å². The number of amidine groups is 1. The number of thioether (sulfide) groups is 2. The molecule has 2 amide bonds. The van der Waals surface area contributed by atoms with Crippen LogP contribution in [0.5, 0.6) is 0 Å². The van der Waals surface area contributed by atoms with Gasteiger partial charge >= 0.3 is 5.97 Å². The van der Waals surface area contributed by atoms with Crippen molar-refractivity contribution in [1.29, 1.82) is 0 Å². The van der Waals surface area contributed by atoms with Gasteiger partial charge in [-0.05, 0) is 23.1 Å². The molecule has 2 aliphatic heterocycles. The highest BCUT2D eigenvalue weighted by Crippen LogP contribution is 2.40. The molecule has 28 heavy (non-hydrogen) atoms. The highest BCUT2D eigenvalue weighted by atomic mass is 32.2. The number of carboxylic acid groups (broad SMARTS) is 1. The van der Waals surface area contributed by atoms with Gasteiger partial charge in [0.25, 0.3) is 0 Å². The van der Waals surface area contributed by atoms with Crippen LogP contribution >= 0.6 is 23.5 Å². The summed E-state index contributed by atoms with van der Waals surface area (Å²) in [6, 6.07) is 7.46. The van der Waals surface area contributed by atoms with E-state index in [4.69, 9.17) is 5.73 Å². The molecule has 10 heteroatoms. The molecule has 3 rings (SSSR count). The molecule has 3 atom stereocenters. The van der Waals surface area contributed by atoms with E-state index in [-0.39, 0.29) is 18.2 Å². The second kappa shape index (κ2) is 8.70. The maximum atomic E-state index is 12.4. The largest absolute Gasteiger partial charge is 0.479 e. The molecule has 0 radical (unpaired) electrons. The van der Waals surface area contributed by atoms with E-state index in [2.05, 4.69) is 10.3 Å². The van der Waals surface area contributed by atoms with E-state index in [1.807, 2.05) is 30.3 Å². The second-order valence-electron chi connectivity index (χ2n) is 6.18. The zero-order valence-electron chi connectivity index (χ0n) is 15.1. The summed E-state index contributed by atoms with van der Waals surface area (Å²) >= 11 is 2.55. The number of nitrogens with zero attached hydrogens (tertiary/aromatic N) is 2. The van der Waals surface area contributed by atoms with Crippen LogP contribution in [0.15, 0.2) is 46.3 Å².